The largest absolute Gasteiger partial charge is 0.373 e. The zero-order chi connectivity index (χ0) is 12.3. The summed E-state index contributed by atoms with van der Waals surface area (Å²) in [6.45, 7) is 4.43. The number of hydrogen-bond acceptors (Lipinski definition) is 1. The molecule has 0 fully saturated rings. The molecule has 0 saturated heterocycles. The molecular weight excluding hydrogens is 218 g/mol. The van der Waals surface area contributed by atoms with Crippen LogP contribution in [-0.2, 0) is 0 Å². The normalized spacial score (nSPS) is 19.3. The van der Waals surface area contributed by atoms with Crippen LogP contribution in [0.4, 0.5) is 0 Å². The van der Waals surface area contributed by atoms with Gasteiger partial charge in [0.2, 0.25) is 0 Å². The van der Waals surface area contributed by atoms with Crippen molar-refractivity contribution in [3.63, 3.8) is 0 Å². The Labute approximate surface area is 107 Å². The van der Waals surface area contributed by atoms with Gasteiger partial charge in [-0.25, -0.2) is 0 Å². The van der Waals surface area contributed by atoms with Crippen LogP contribution in [0.2, 0.25) is 0 Å². The lowest BCUT2D eigenvalue weighted by molar-refractivity contribution is 0.764. The monoisotopic (exact) mass is 233 g/mol. The van der Waals surface area contributed by atoms with Gasteiger partial charge in [0.25, 0.3) is 0 Å². The maximum atomic E-state index is 3.68. The van der Waals surface area contributed by atoms with E-state index in [-0.39, 0.29) is 0 Å². The van der Waals surface area contributed by atoms with Crippen LogP contribution in [0.15, 0.2) is 42.5 Å². The quantitative estimate of drug-likeness (QED) is 0.728. The SMILES string of the molecule is CC1=C2NC(c3ccccc32)c2c(C)cccc21. The van der Waals surface area contributed by atoms with Crippen LogP contribution in [0.3, 0.4) is 0 Å². The number of allylic oxidation sites excluding steroid dienone is 1. The Kier molecular flexibility index (Phi) is 1.80. The van der Waals surface area contributed by atoms with Gasteiger partial charge in [-0.3, -0.25) is 0 Å². The topological polar surface area (TPSA) is 12.0 Å². The average Bonchev–Trinajstić information content (AvgIpc) is 2.73. The highest BCUT2D eigenvalue weighted by Crippen LogP contribution is 2.47. The fraction of sp³-hybridized carbons (Fsp3) is 0.176. The van der Waals surface area contributed by atoms with Crippen LogP contribution in [-0.4, -0.2) is 0 Å². The van der Waals surface area contributed by atoms with E-state index >= 15 is 0 Å². The van der Waals surface area contributed by atoms with Crippen molar-refractivity contribution < 1.29 is 0 Å². The van der Waals surface area contributed by atoms with Crippen LogP contribution in [0.1, 0.15) is 40.8 Å². The lowest BCUT2D eigenvalue weighted by Crippen LogP contribution is -2.20. The molecular formula is C17H15N. The molecule has 2 heterocycles. The lowest BCUT2D eigenvalue weighted by Gasteiger charge is -2.25. The van der Waals surface area contributed by atoms with E-state index in [9.17, 15) is 0 Å². The van der Waals surface area contributed by atoms with E-state index in [2.05, 4.69) is 61.6 Å². The maximum Gasteiger partial charge on any atom is 0.0782 e. The van der Waals surface area contributed by atoms with Crippen molar-refractivity contribution >= 4 is 11.3 Å². The van der Waals surface area contributed by atoms with Crippen LogP contribution in [0, 0.1) is 6.92 Å². The molecule has 18 heavy (non-hydrogen) atoms. The summed E-state index contributed by atoms with van der Waals surface area (Å²) in [7, 11) is 0. The predicted molar refractivity (Wildman–Crippen MR) is 75.1 cm³/mol. The molecule has 0 aliphatic carbocycles. The minimum absolute atomic E-state index is 0.344. The van der Waals surface area contributed by atoms with Gasteiger partial charge in [-0.1, -0.05) is 42.5 Å². The van der Waals surface area contributed by atoms with Crippen molar-refractivity contribution in [1.82, 2.24) is 5.32 Å². The molecule has 0 aromatic heterocycles. The smallest absolute Gasteiger partial charge is 0.0782 e. The Hall–Kier alpha value is -2.02. The molecule has 0 amide bonds. The van der Waals surface area contributed by atoms with E-state index in [4.69, 9.17) is 0 Å². The number of aryl methyl sites for hydroxylation is 1. The summed E-state index contributed by atoms with van der Waals surface area (Å²) >= 11 is 0. The van der Waals surface area contributed by atoms with Crippen molar-refractivity contribution in [2.75, 3.05) is 0 Å². The molecule has 1 nitrogen and oxygen atoms in total. The molecule has 1 unspecified atom stereocenters. The minimum atomic E-state index is 0.344. The van der Waals surface area contributed by atoms with Crippen LogP contribution in [0.25, 0.3) is 11.3 Å². The maximum absolute atomic E-state index is 3.68. The first kappa shape index (κ1) is 9.95. The van der Waals surface area contributed by atoms with Crippen molar-refractivity contribution in [2.45, 2.75) is 19.9 Å². The summed E-state index contributed by atoms with van der Waals surface area (Å²) in [5.41, 5.74) is 9.70. The Balaban J connectivity index is 2.13. The molecule has 0 spiro atoms. The van der Waals surface area contributed by atoms with E-state index in [1.54, 1.807) is 0 Å². The molecule has 2 aliphatic heterocycles. The molecule has 2 aromatic rings. The fourth-order valence-electron chi connectivity index (χ4n) is 3.34. The summed E-state index contributed by atoms with van der Waals surface area (Å²) in [5.74, 6) is 0. The molecule has 2 aliphatic rings. The second-order valence-corrected chi connectivity index (χ2v) is 5.20. The zero-order valence-corrected chi connectivity index (χ0v) is 10.6. The molecule has 1 heteroatoms. The van der Waals surface area contributed by atoms with Crippen LogP contribution >= 0.6 is 0 Å². The highest BCUT2D eigenvalue weighted by molar-refractivity contribution is 5.96. The number of rotatable bonds is 0. The number of hydrogen-bond donors (Lipinski definition) is 1. The molecule has 0 saturated carbocycles. The Morgan fingerprint density at radius 1 is 0.889 bits per heavy atom. The standard InChI is InChI=1S/C17H15N/c1-10-6-5-9-12-11(2)16-13-7-3-4-8-14(13)17(18-16)15(10)12/h3-9,17-18H,1-2H3. The van der Waals surface area contributed by atoms with Gasteiger partial charge in [-0.05, 0) is 41.7 Å². The highest BCUT2D eigenvalue weighted by Gasteiger charge is 2.34. The first-order valence-corrected chi connectivity index (χ1v) is 6.44. The van der Waals surface area contributed by atoms with E-state index in [1.807, 2.05) is 0 Å². The van der Waals surface area contributed by atoms with Gasteiger partial charge < -0.3 is 5.32 Å². The van der Waals surface area contributed by atoms with Gasteiger partial charge >= 0.3 is 0 Å². The zero-order valence-electron chi connectivity index (χ0n) is 10.6. The van der Waals surface area contributed by atoms with Gasteiger partial charge in [-0.15, -0.1) is 0 Å². The summed E-state index contributed by atoms with van der Waals surface area (Å²) in [6, 6.07) is 15.7. The number of nitrogens with one attached hydrogen (secondary N) is 1. The van der Waals surface area contributed by atoms with Crippen molar-refractivity contribution in [3.8, 4) is 0 Å². The highest BCUT2D eigenvalue weighted by atomic mass is 15.0. The van der Waals surface area contributed by atoms with Gasteiger partial charge in [0.1, 0.15) is 0 Å². The van der Waals surface area contributed by atoms with Gasteiger partial charge in [0, 0.05) is 11.3 Å². The third-order valence-corrected chi connectivity index (χ3v) is 4.22. The van der Waals surface area contributed by atoms with Crippen molar-refractivity contribution in [1.29, 1.82) is 0 Å². The third kappa shape index (κ3) is 1.07. The average molecular weight is 233 g/mol. The van der Waals surface area contributed by atoms with Gasteiger partial charge in [-0.2, -0.15) is 0 Å². The molecule has 1 N–H and O–H groups in total. The lowest BCUT2D eigenvalue weighted by atomic mass is 9.89. The first-order valence-electron chi connectivity index (χ1n) is 6.44. The second-order valence-electron chi connectivity index (χ2n) is 5.20. The fourth-order valence-corrected chi connectivity index (χ4v) is 3.34. The van der Waals surface area contributed by atoms with E-state index in [1.165, 1.54) is 39.1 Å². The third-order valence-electron chi connectivity index (χ3n) is 4.22. The molecule has 4 rings (SSSR count). The number of fused-ring (bicyclic) bond motifs is 7. The predicted octanol–water partition coefficient (Wildman–Crippen LogP) is 3.89. The molecule has 1 atom stereocenters. The summed E-state index contributed by atoms with van der Waals surface area (Å²) < 4.78 is 0. The van der Waals surface area contributed by atoms with Gasteiger partial charge in [0.15, 0.2) is 0 Å². The van der Waals surface area contributed by atoms with E-state index in [0.29, 0.717) is 6.04 Å². The Morgan fingerprint density at radius 3 is 2.56 bits per heavy atom. The molecule has 88 valence electrons. The van der Waals surface area contributed by atoms with Crippen LogP contribution in [0.5, 0.6) is 0 Å². The van der Waals surface area contributed by atoms with E-state index < -0.39 is 0 Å². The second kappa shape index (κ2) is 3.26. The Bertz CT molecular complexity index is 695. The summed E-state index contributed by atoms with van der Waals surface area (Å²) in [6.07, 6.45) is 0. The van der Waals surface area contributed by atoms with Crippen LogP contribution < -0.4 is 5.32 Å². The molecule has 2 aromatic carbocycles. The molecule has 2 bridgehead atoms. The molecule has 0 radical (unpaired) electrons. The van der Waals surface area contributed by atoms with Gasteiger partial charge in [0.05, 0.1) is 6.04 Å². The van der Waals surface area contributed by atoms with Crippen molar-refractivity contribution in [3.05, 3.63) is 70.3 Å². The van der Waals surface area contributed by atoms with Crippen molar-refractivity contribution in [2.24, 2.45) is 0 Å². The first-order chi connectivity index (χ1) is 8.77. The Morgan fingerprint density at radius 2 is 1.67 bits per heavy atom. The summed E-state index contributed by atoms with van der Waals surface area (Å²) in [5, 5.41) is 3.68. The summed E-state index contributed by atoms with van der Waals surface area (Å²) in [4.78, 5) is 0. The number of benzene rings is 2. The minimum Gasteiger partial charge on any atom is -0.373 e. The van der Waals surface area contributed by atoms with E-state index in [0.717, 1.165) is 0 Å².